The average molecular weight is 220 g/mol. The summed E-state index contributed by atoms with van der Waals surface area (Å²) in [5.41, 5.74) is 0.942. The van der Waals surface area contributed by atoms with Crippen LogP contribution in [0.5, 0.6) is 0 Å². The first-order valence-electron chi connectivity index (χ1n) is 6.48. The molecule has 2 aliphatic rings. The molecule has 2 aliphatic carbocycles. The van der Waals surface area contributed by atoms with E-state index in [1.165, 1.54) is 38.5 Å². The maximum atomic E-state index is 10.6. The molecule has 0 amide bonds. The van der Waals surface area contributed by atoms with Gasteiger partial charge in [0.05, 0.1) is 18.1 Å². The van der Waals surface area contributed by atoms with Crippen LogP contribution in [-0.2, 0) is 5.60 Å². The van der Waals surface area contributed by atoms with Crippen LogP contribution in [0.3, 0.4) is 0 Å². The molecule has 1 spiro atoms. The van der Waals surface area contributed by atoms with E-state index in [1.807, 2.05) is 6.07 Å². The third-order valence-electron chi connectivity index (χ3n) is 4.86. The molecule has 1 aromatic rings. The smallest absolute Gasteiger partial charge is 0.0963 e. The Morgan fingerprint density at radius 3 is 2.25 bits per heavy atom. The van der Waals surface area contributed by atoms with Crippen molar-refractivity contribution in [2.75, 3.05) is 0 Å². The monoisotopic (exact) mass is 220 g/mol. The highest BCUT2D eigenvalue weighted by atomic mass is 16.3. The molecule has 16 heavy (non-hydrogen) atoms. The first-order chi connectivity index (χ1) is 7.73. The third-order valence-corrected chi connectivity index (χ3v) is 4.86. The summed E-state index contributed by atoms with van der Waals surface area (Å²) in [5, 5.41) is 10.6. The molecule has 2 saturated carbocycles. The molecular formula is C14H20O2. The molecule has 2 nitrogen and oxygen atoms in total. The quantitative estimate of drug-likeness (QED) is 0.784. The summed E-state index contributed by atoms with van der Waals surface area (Å²) >= 11 is 0. The van der Waals surface area contributed by atoms with Crippen LogP contribution in [-0.4, -0.2) is 5.11 Å². The molecule has 0 aromatic carbocycles. The SMILES string of the molecule is OC1(c2ccoc2)CCC2(CCCC2)CC1. The molecule has 1 aromatic heterocycles. The lowest BCUT2D eigenvalue weighted by atomic mass is 9.66. The Kier molecular flexibility index (Phi) is 2.36. The molecule has 3 rings (SSSR count). The van der Waals surface area contributed by atoms with Crippen molar-refractivity contribution in [3.63, 3.8) is 0 Å². The van der Waals surface area contributed by atoms with Crippen LogP contribution < -0.4 is 0 Å². The lowest BCUT2D eigenvalue weighted by molar-refractivity contribution is -0.0379. The highest BCUT2D eigenvalue weighted by Gasteiger charge is 2.44. The third kappa shape index (κ3) is 1.60. The topological polar surface area (TPSA) is 33.4 Å². The summed E-state index contributed by atoms with van der Waals surface area (Å²) < 4.78 is 5.09. The van der Waals surface area contributed by atoms with Crippen molar-refractivity contribution in [1.29, 1.82) is 0 Å². The maximum Gasteiger partial charge on any atom is 0.0963 e. The van der Waals surface area contributed by atoms with Gasteiger partial charge in [-0.15, -0.1) is 0 Å². The summed E-state index contributed by atoms with van der Waals surface area (Å²) in [7, 11) is 0. The fourth-order valence-corrected chi connectivity index (χ4v) is 3.64. The normalized spacial score (nSPS) is 27.3. The van der Waals surface area contributed by atoms with Crippen LogP contribution >= 0.6 is 0 Å². The molecule has 2 heteroatoms. The molecule has 0 unspecified atom stereocenters. The van der Waals surface area contributed by atoms with E-state index in [-0.39, 0.29) is 0 Å². The van der Waals surface area contributed by atoms with E-state index in [4.69, 9.17) is 4.42 Å². The highest BCUT2D eigenvalue weighted by molar-refractivity contribution is 5.17. The van der Waals surface area contributed by atoms with Crippen LogP contribution in [0.25, 0.3) is 0 Å². The van der Waals surface area contributed by atoms with E-state index in [0.717, 1.165) is 18.4 Å². The van der Waals surface area contributed by atoms with Crippen molar-refractivity contribution in [2.45, 2.75) is 57.0 Å². The fourth-order valence-electron chi connectivity index (χ4n) is 3.64. The molecule has 0 radical (unpaired) electrons. The van der Waals surface area contributed by atoms with Gasteiger partial charge in [-0.25, -0.2) is 0 Å². The summed E-state index contributed by atoms with van der Waals surface area (Å²) in [6.45, 7) is 0. The zero-order valence-corrected chi connectivity index (χ0v) is 9.74. The molecular weight excluding hydrogens is 200 g/mol. The van der Waals surface area contributed by atoms with Crippen molar-refractivity contribution in [1.82, 2.24) is 0 Å². The highest BCUT2D eigenvalue weighted by Crippen LogP contribution is 2.53. The summed E-state index contributed by atoms with van der Waals surface area (Å²) in [6.07, 6.45) is 13.1. The first kappa shape index (κ1) is 10.4. The Morgan fingerprint density at radius 1 is 1.00 bits per heavy atom. The van der Waals surface area contributed by atoms with Gasteiger partial charge in [-0.3, -0.25) is 0 Å². The number of hydrogen-bond donors (Lipinski definition) is 1. The van der Waals surface area contributed by atoms with E-state index in [0.29, 0.717) is 5.41 Å². The Hall–Kier alpha value is -0.760. The average Bonchev–Trinajstić information content (AvgIpc) is 2.96. The number of furan rings is 1. The molecule has 0 atom stereocenters. The minimum atomic E-state index is -0.610. The first-order valence-corrected chi connectivity index (χ1v) is 6.48. The second kappa shape index (κ2) is 3.63. The van der Waals surface area contributed by atoms with Gasteiger partial charge in [0.15, 0.2) is 0 Å². The largest absolute Gasteiger partial charge is 0.472 e. The molecule has 1 N–H and O–H groups in total. The van der Waals surface area contributed by atoms with Crippen molar-refractivity contribution in [3.05, 3.63) is 24.2 Å². The van der Waals surface area contributed by atoms with E-state index in [1.54, 1.807) is 12.5 Å². The van der Waals surface area contributed by atoms with Crippen molar-refractivity contribution >= 4 is 0 Å². The minimum Gasteiger partial charge on any atom is -0.472 e. The predicted octanol–water partition coefficient (Wildman–Crippen LogP) is 3.60. The van der Waals surface area contributed by atoms with Crippen LogP contribution in [0, 0.1) is 5.41 Å². The van der Waals surface area contributed by atoms with Gasteiger partial charge in [-0.2, -0.15) is 0 Å². The molecule has 88 valence electrons. The van der Waals surface area contributed by atoms with E-state index in [2.05, 4.69) is 0 Å². The Balaban J connectivity index is 1.74. The van der Waals surface area contributed by atoms with Crippen molar-refractivity contribution in [3.8, 4) is 0 Å². The Morgan fingerprint density at radius 2 is 1.69 bits per heavy atom. The van der Waals surface area contributed by atoms with Gasteiger partial charge in [0.2, 0.25) is 0 Å². The number of aliphatic hydroxyl groups is 1. The van der Waals surface area contributed by atoms with E-state index >= 15 is 0 Å². The second-order valence-corrected chi connectivity index (χ2v) is 5.75. The number of rotatable bonds is 1. The number of hydrogen-bond acceptors (Lipinski definition) is 2. The van der Waals surface area contributed by atoms with Crippen LogP contribution in [0.15, 0.2) is 23.0 Å². The lowest BCUT2D eigenvalue weighted by Gasteiger charge is -2.41. The Labute approximate surface area is 96.7 Å². The zero-order valence-electron chi connectivity index (χ0n) is 9.74. The molecule has 0 saturated heterocycles. The lowest BCUT2D eigenvalue weighted by Crippen LogP contribution is -2.35. The van der Waals surface area contributed by atoms with Crippen LogP contribution in [0.2, 0.25) is 0 Å². The predicted molar refractivity (Wildman–Crippen MR) is 62.0 cm³/mol. The fraction of sp³-hybridized carbons (Fsp3) is 0.714. The standard InChI is InChI=1S/C14H20O2/c15-14(12-3-10-16-11-12)8-6-13(7-9-14)4-1-2-5-13/h3,10-11,15H,1-2,4-9H2. The van der Waals surface area contributed by atoms with Gasteiger partial charge in [-0.05, 0) is 50.0 Å². The van der Waals surface area contributed by atoms with Gasteiger partial charge < -0.3 is 9.52 Å². The Bertz CT molecular complexity index is 337. The molecule has 2 fully saturated rings. The summed E-state index contributed by atoms with van der Waals surface area (Å²) in [6, 6.07) is 1.91. The molecule has 0 aliphatic heterocycles. The van der Waals surface area contributed by atoms with Gasteiger partial charge in [0.1, 0.15) is 0 Å². The van der Waals surface area contributed by atoms with Crippen molar-refractivity contribution in [2.24, 2.45) is 5.41 Å². The van der Waals surface area contributed by atoms with Gasteiger partial charge in [-0.1, -0.05) is 12.8 Å². The molecule has 1 heterocycles. The van der Waals surface area contributed by atoms with Gasteiger partial charge in [0.25, 0.3) is 0 Å². The summed E-state index contributed by atoms with van der Waals surface area (Å²) in [5.74, 6) is 0. The second-order valence-electron chi connectivity index (χ2n) is 5.75. The van der Waals surface area contributed by atoms with Crippen molar-refractivity contribution < 1.29 is 9.52 Å². The zero-order chi connectivity index (χ0) is 11.1. The molecule has 0 bridgehead atoms. The summed E-state index contributed by atoms with van der Waals surface area (Å²) in [4.78, 5) is 0. The van der Waals surface area contributed by atoms with Crippen LogP contribution in [0.1, 0.15) is 56.9 Å². The van der Waals surface area contributed by atoms with E-state index < -0.39 is 5.60 Å². The minimum absolute atomic E-state index is 0.579. The van der Waals surface area contributed by atoms with Gasteiger partial charge in [0, 0.05) is 5.56 Å². The van der Waals surface area contributed by atoms with Gasteiger partial charge >= 0.3 is 0 Å². The van der Waals surface area contributed by atoms with Crippen LogP contribution in [0.4, 0.5) is 0 Å². The van der Waals surface area contributed by atoms with E-state index in [9.17, 15) is 5.11 Å². The maximum absolute atomic E-state index is 10.6.